The number of carbonyl (C=O) groups excluding carboxylic acids is 1. The predicted molar refractivity (Wildman–Crippen MR) is 86.3 cm³/mol. The van der Waals surface area contributed by atoms with E-state index in [1.54, 1.807) is 26.8 Å². The average molecular weight is 395 g/mol. The molecule has 0 fully saturated rings. The van der Waals surface area contributed by atoms with Crippen molar-refractivity contribution in [1.82, 2.24) is 5.32 Å². The van der Waals surface area contributed by atoms with Gasteiger partial charge in [0.15, 0.2) is 0 Å². The molecule has 5 nitrogen and oxygen atoms in total. The number of hydrogen-bond acceptors (Lipinski definition) is 4. The number of rotatable bonds is 4. The standard InChI is InChI=1S/C13H19FIN3O2/c1-13(2,3)20-12(19)18-5-4-17-11-6-8(14)9(15)7-10(11)16/h6-7,17H,4-5,16H2,1-3H3,(H,18,19). The van der Waals surface area contributed by atoms with Crippen LogP contribution in [0.15, 0.2) is 12.1 Å². The lowest BCUT2D eigenvalue weighted by molar-refractivity contribution is 0.0530. The number of anilines is 2. The number of alkyl carbamates (subject to hydrolysis) is 1. The van der Waals surface area contributed by atoms with E-state index < -0.39 is 11.7 Å². The second kappa shape index (κ2) is 6.96. The second-order valence-electron chi connectivity index (χ2n) is 5.21. The Morgan fingerprint density at radius 2 is 2.05 bits per heavy atom. The summed E-state index contributed by atoms with van der Waals surface area (Å²) >= 11 is 1.88. The van der Waals surface area contributed by atoms with E-state index in [1.807, 2.05) is 22.6 Å². The first-order valence-electron chi connectivity index (χ1n) is 6.14. The van der Waals surface area contributed by atoms with Crippen LogP contribution in [0.1, 0.15) is 20.8 Å². The van der Waals surface area contributed by atoms with Gasteiger partial charge in [-0.3, -0.25) is 0 Å². The summed E-state index contributed by atoms with van der Waals surface area (Å²) in [5.74, 6) is -0.331. The number of carbonyl (C=O) groups is 1. The lowest BCUT2D eigenvalue weighted by atomic mass is 10.2. The van der Waals surface area contributed by atoms with Crippen LogP contribution in [0.25, 0.3) is 0 Å². The number of nitrogen functional groups attached to an aromatic ring is 1. The molecule has 0 aromatic heterocycles. The van der Waals surface area contributed by atoms with E-state index in [0.29, 0.717) is 28.0 Å². The highest BCUT2D eigenvalue weighted by Crippen LogP contribution is 2.23. The SMILES string of the molecule is CC(C)(C)OC(=O)NCCNc1cc(F)c(I)cc1N. The van der Waals surface area contributed by atoms with Gasteiger partial charge in [0.1, 0.15) is 11.4 Å². The summed E-state index contributed by atoms with van der Waals surface area (Å²) in [6.45, 7) is 6.14. The number of ether oxygens (including phenoxy) is 1. The fraction of sp³-hybridized carbons (Fsp3) is 0.462. The Balaban J connectivity index is 2.38. The lowest BCUT2D eigenvalue weighted by Gasteiger charge is -2.19. The molecule has 0 bridgehead atoms. The van der Waals surface area contributed by atoms with E-state index in [1.165, 1.54) is 6.07 Å². The third-order valence-electron chi connectivity index (χ3n) is 2.20. The van der Waals surface area contributed by atoms with Gasteiger partial charge in [-0.2, -0.15) is 0 Å². The summed E-state index contributed by atoms with van der Waals surface area (Å²) in [5, 5.41) is 5.56. The Morgan fingerprint density at radius 1 is 1.40 bits per heavy atom. The van der Waals surface area contributed by atoms with Crippen LogP contribution in [-0.2, 0) is 4.74 Å². The number of nitrogens with two attached hydrogens (primary N) is 1. The summed E-state index contributed by atoms with van der Waals surface area (Å²) in [6.07, 6.45) is -0.485. The van der Waals surface area contributed by atoms with Gasteiger partial charge in [-0.1, -0.05) is 0 Å². The Bertz CT molecular complexity index is 489. The average Bonchev–Trinajstić information content (AvgIpc) is 2.28. The molecule has 0 aliphatic rings. The summed E-state index contributed by atoms with van der Waals surface area (Å²) in [5.41, 5.74) is 6.22. The highest BCUT2D eigenvalue weighted by Gasteiger charge is 2.15. The van der Waals surface area contributed by atoms with Crippen LogP contribution in [0.4, 0.5) is 20.6 Å². The van der Waals surface area contributed by atoms with Gasteiger partial charge in [0, 0.05) is 19.2 Å². The Morgan fingerprint density at radius 3 is 2.65 bits per heavy atom. The van der Waals surface area contributed by atoms with E-state index in [4.69, 9.17) is 10.5 Å². The maximum atomic E-state index is 13.4. The first-order chi connectivity index (χ1) is 9.19. The number of halogens is 2. The van der Waals surface area contributed by atoms with Crippen LogP contribution in [-0.4, -0.2) is 24.8 Å². The molecule has 0 saturated heterocycles. The van der Waals surface area contributed by atoms with Gasteiger partial charge in [0.25, 0.3) is 0 Å². The molecule has 0 atom stereocenters. The second-order valence-corrected chi connectivity index (χ2v) is 6.37. The normalized spacial score (nSPS) is 11.1. The van der Waals surface area contributed by atoms with Gasteiger partial charge in [-0.15, -0.1) is 0 Å². The molecule has 0 unspecified atom stereocenters. The molecule has 7 heteroatoms. The zero-order valence-electron chi connectivity index (χ0n) is 11.7. The quantitative estimate of drug-likeness (QED) is 0.416. The fourth-order valence-corrected chi connectivity index (χ4v) is 1.88. The van der Waals surface area contributed by atoms with Crippen molar-refractivity contribution in [2.45, 2.75) is 26.4 Å². The largest absolute Gasteiger partial charge is 0.444 e. The molecule has 0 radical (unpaired) electrons. The number of hydrogen-bond donors (Lipinski definition) is 3. The van der Waals surface area contributed by atoms with Crippen molar-refractivity contribution >= 4 is 40.1 Å². The number of nitrogens with one attached hydrogen (secondary N) is 2. The van der Waals surface area contributed by atoms with E-state index in [2.05, 4.69) is 10.6 Å². The zero-order chi connectivity index (χ0) is 15.3. The molecule has 0 heterocycles. The zero-order valence-corrected chi connectivity index (χ0v) is 13.9. The first-order valence-corrected chi connectivity index (χ1v) is 7.22. The third kappa shape index (κ3) is 5.81. The smallest absolute Gasteiger partial charge is 0.407 e. The van der Waals surface area contributed by atoms with E-state index in [-0.39, 0.29) is 5.82 Å². The maximum absolute atomic E-state index is 13.4. The van der Waals surface area contributed by atoms with E-state index in [9.17, 15) is 9.18 Å². The minimum Gasteiger partial charge on any atom is -0.444 e. The molecule has 0 aliphatic heterocycles. The molecule has 0 spiro atoms. The van der Waals surface area contributed by atoms with Gasteiger partial charge in [-0.25, -0.2) is 9.18 Å². The molecule has 20 heavy (non-hydrogen) atoms. The molecule has 1 aromatic carbocycles. The van der Waals surface area contributed by atoms with Crippen molar-refractivity contribution in [1.29, 1.82) is 0 Å². The molecular formula is C13H19FIN3O2. The maximum Gasteiger partial charge on any atom is 0.407 e. The fourth-order valence-electron chi connectivity index (χ4n) is 1.39. The van der Waals surface area contributed by atoms with Crippen LogP contribution < -0.4 is 16.4 Å². The topological polar surface area (TPSA) is 76.4 Å². The van der Waals surface area contributed by atoms with Crippen molar-refractivity contribution in [2.75, 3.05) is 24.1 Å². The molecule has 1 aromatic rings. The molecule has 4 N–H and O–H groups in total. The van der Waals surface area contributed by atoms with Crippen molar-refractivity contribution < 1.29 is 13.9 Å². The van der Waals surface area contributed by atoms with E-state index in [0.717, 1.165) is 0 Å². The van der Waals surface area contributed by atoms with Gasteiger partial charge >= 0.3 is 6.09 Å². The van der Waals surface area contributed by atoms with Crippen LogP contribution in [0, 0.1) is 9.39 Å². The van der Waals surface area contributed by atoms with Crippen LogP contribution >= 0.6 is 22.6 Å². The molecular weight excluding hydrogens is 376 g/mol. The Labute approximate surface area is 131 Å². The first kappa shape index (κ1) is 16.8. The van der Waals surface area contributed by atoms with Crippen molar-refractivity contribution in [3.63, 3.8) is 0 Å². The van der Waals surface area contributed by atoms with Crippen LogP contribution in [0.2, 0.25) is 0 Å². The van der Waals surface area contributed by atoms with Gasteiger partial charge in [0.05, 0.1) is 14.9 Å². The van der Waals surface area contributed by atoms with E-state index >= 15 is 0 Å². The molecule has 1 rings (SSSR count). The van der Waals surface area contributed by atoms with Crippen molar-refractivity contribution in [3.8, 4) is 0 Å². The van der Waals surface area contributed by atoms with Crippen LogP contribution in [0.3, 0.4) is 0 Å². The third-order valence-corrected chi connectivity index (χ3v) is 3.03. The summed E-state index contributed by atoms with van der Waals surface area (Å²) in [4.78, 5) is 11.4. The summed E-state index contributed by atoms with van der Waals surface area (Å²) in [6, 6.07) is 2.89. The summed E-state index contributed by atoms with van der Waals surface area (Å²) < 4.78 is 18.9. The van der Waals surface area contributed by atoms with Gasteiger partial charge in [-0.05, 0) is 49.4 Å². The highest BCUT2D eigenvalue weighted by molar-refractivity contribution is 14.1. The minimum atomic E-state index is -0.527. The lowest BCUT2D eigenvalue weighted by Crippen LogP contribution is -2.35. The summed E-state index contributed by atoms with van der Waals surface area (Å²) in [7, 11) is 0. The Kier molecular flexibility index (Phi) is 5.85. The molecule has 0 aliphatic carbocycles. The molecule has 1 amide bonds. The highest BCUT2D eigenvalue weighted by atomic mass is 127. The number of amides is 1. The molecule has 0 saturated carbocycles. The van der Waals surface area contributed by atoms with Gasteiger partial charge < -0.3 is 21.1 Å². The monoisotopic (exact) mass is 395 g/mol. The molecule has 112 valence electrons. The van der Waals surface area contributed by atoms with Crippen molar-refractivity contribution in [2.24, 2.45) is 0 Å². The van der Waals surface area contributed by atoms with Crippen molar-refractivity contribution in [3.05, 3.63) is 21.5 Å². The van der Waals surface area contributed by atoms with Gasteiger partial charge in [0.2, 0.25) is 0 Å². The van der Waals surface area contributed by atoms with Crippen LogP contribution in [0.5, 0.6) is 0 Å². The minimum absolute atomic E-state index is 0.331. The number of benzene rings is 1. The Hall–Kier alpha value is -1.25. The predicted octanol–water partition coefficient (Wildman–Crippen LogP) is 2.95.